The Morgan fingerprint density at radius 3 is 2.69 bits per heavy atom. The molecule has 1 aliphatic rings. The number of β-amino-alcohol motifs (C(OH)–C–C–N with tert-alkyl or cyclic N) is 1. The summed E-state index contributed by atoms with van der Waals surface area (Å²) in [6.07, 6.45) is 3.51. The Balaban J connectivity index is 2.24. The van der Waals surface area contributed by atoms with Crippen molar-refractivity contribution in [3.8, 4) is 0 Å². The fourth-order valence-corrected chi connectivity index (χ4v) is 2.22. The number of hydrogen-bond donors (Lipinski definition) is 1. The molecular formula is C11H23NO. The molecule has 1 heterocycles. The van der Waals surface area contributed by atoms with Crippen LogP contribution in [0.15, 0.2) is 0 Å². The first kappa shape index (κ1) is 11.0. The second-order valence-electron chi connectivity index (χ2n) is 4.88. The van der Waals surface area contributed by atoms with E-state index in [2.05, 4.69) is 18.7 Å². The molecule has 0 saturated carbocycles. The van der Waals surface area contributed by atoms with Crippen molar-refractivity contribution in [2.45, 2.75) is 45.6 Å². The third-order valence-corrected chi connectivity index (χ3v) is 2.88. The molecule has 0 aromatic rings. The van der Waals surface area contributed by atoms with Gasteiger partial charge in [0.25, 0.3) is 0 Å². The van der Waals surface area contributed by atoms with Crippen molar-refractivity contribution in [3.63, 3.8) is 0 Å². The summed E-state index contributed by atoms with van der Waals surface area (Å²) < 4.78 is 0. The van der Waals surface area contributed by atoms with Crippen molar-refractivity contribution in [3.05, 3.63) is 0 Å². The Labute approximate surface area is 81.9 Å². The summed E-state index contributed by atoms with van der Waals surface area (Å²) in [6.45, 7) is 9.57. The van der Waals surface area contributed by atoms with Crippen LogP contribution in [0.3, 0.4) is 0 Å². The second kappa shape index (κ2) is 4.43. The molecule has 2 unspecified atom stereocenters. The zero-order valence-corrected chi connectivity index (χ0v) is 9.21. The molecule has 78 valence electrons. The molecule has 1 fully saturated rings. The van der Waals surface area contributed by atoms with Gasteiger partial charge in [0.2, 0.25) is 0 Å². The highest BCUT2D eigenvalue weighted by Gasteiger charge is 2.31. The molecule has 2 nitrogen and oxygen atoms in total. The van der Waals surface area contributed by atoms with E-state index in [1.54, 1.807) is 0 Å². The lowest BCUT2D eigenvalue weighted by molar-refractivity contribution is 0.0668. The molecule has 0 spiro atoms. The van der Waals surface area contributed by atoms with Crippen LogP contribution in [0.2, 0.25) is 0 Å². The van der Waals surface area contributed by atoms with Gasteiger partial charge in [-0.25, -0.2) is 0 Å². The van der Waals surface area contributed by atoms with E-state index in [4.69, 9.17) is 0 Å². The Morgan fingerprint density at radius 1 is 1.54 bits per heavy atom. The molecule has 0 aromatic carbocycles. The van der Waals surface area contributed by atoms with Crippen molar-refractivity contribution in [2.24, 2.45) is 5.92 Å². The van der Waals surface area contributed by atoms with E-state index in [9.17, 15) is 5.11 Å². The van der Waals surface area contributed by atoms with Crippen LogP contribution in [0.25, 0.3) is 0 Å². The van der Waals surface area contributed by atoms with Crippen molar-refractivity contribution >= 4 is 0 Å². The summed E-state index contributed by atoms with van der Waals surface area (Å²) in [6, 6.07) is 0. The second-order valence-corrected chi connectivity index (χ2v) is 4.88. The van der Waals surface area contributed by atoms with E-state index in [0.29, 0.717) is 0 Å². The van der Waals surface area contributed by atoms with Gasteiger partial charge in [0.1, 0.15) is 0 Å². The number of aliphatic hydroxyl groups is 1. The molecule has 1 aliphatic heterocycles. The first-order chi connectivity index (χ1) is 6.03. The van der Waals surface area contributed by atoms with Gasteiger partial charge in [0.15, 0.2) is 0 Å². The molecule has 0 radical (unpaired) electrons. The quantitative estimate of drug-likeness (QED) is 0.723. The predicted octanol–water partition coefficient (Wildman–Crippen LogP) is 1.88. The highest BCUT2D eigenvalue weighted by Crippen LogP contribution is 2.21. The lowest BCUT2D eigenvalue weighted by atomic mass is 10.1. The Morgan fingerprint density at radius 2 is 2.23 bits per heavy atom. The Kier molecular flexibility index (Phi) is 3.74. The summed E-state index contributed by atoms with van der Waals surface area (Å²) in [4.78, 5) is 2.39. The standard InChI is InChI=1S/C11H23NO/c1-4-5-10(2)8-12-7-6-11(3,13)9-12/h10,13H,4-9H2,1-3H3. The van der Waals surface area contributed by atoms with Crippen LogP contribution < -0.4 is 0 Å². The van der Waals surface area contributed by atoms with E-state index in [-0.39, 0.29) is 0 Å². The van der Waals surface area contributed by atoms with Gasteiger partial charge in [-0.3, -0.25) is 0 Å². The monoisotopic (exact) mass is 185 g/mol. The zero-order chi connectivity index (χ0) is 9.90. The van der Waals surface area contributed by atoms with Crippen molar-refractivity contribution in [2.75, 3.05) is 19.6 Å². The molecule has 1 saturated heterocycles. The molecule has 0 aromatic heterocycles. The van der Waals surface area contributed by atoms with E-state index >= 15 is 0 Å². The van der Waals surface area contributed by atoms with Crippen molar-refractivity contribution in [1.29, 1.82) is 0 Å². The Hall–Kier alpha value is -0.0800. The SMILES string of the molecule is CCCC(C)CN1CCC(C)(O)C1. The molecule has 0 bridgehead atoms. The van der Waals surface area contributed by atoms with Gasteiger partial charge in [-0.05, 0) is 25.7 Å². The van der Waals surface area contributed by atoms with Gasteiger partial charge < -0.3 is 10.0 Å². The molecule has 1 N–H and O–H groups in total. The van der Waals surface area contributed by atoms with Crippen LogP contribution in [-0.2, 0) is 0 Å². The molecule has 0 aliphatic carbocycles. The first-order valence-corrected chi connectivity index (χ1v) is 5.48. The smallest absolute Gasteiger partial charge is 0.0758 e. The van der Waals surface area contributed by atoms with Crippen molar-refractivity contribution in [1.82, 2.24) is 4.90 Å². The third-order valence-electron chi connectivity index (χ3n) is 2.88. The fourth-order valence-electron chi connectivity index (χ4n) is 2.22. The largest absolute Gasteiger partial charge is 0.389 e. The lowest BCUT2D eigenvalue weighted by Gasteiger charge is -2.21. The number of likely N-dealkylation sites (tertiary alicyclic amines) is 1. The summed E-state index contributed by atoms with van der Waals surface area (Å²) in [5, 5.41) is 9.77. The van der Waals surface area contributed by atoms with Crippen LogP contribution in [0.5, 0.6) is 0 Å². The van der Waals surface area contributed by atoms with Crippen LogP contribution >= 0.6 is 0 Å². The van der Waals surface area contributed by atoms with Crippen LogP contribution in [0, 0.1) is 5.92 Å². The topological polar surface area (TPSA) is 23.5 Å². The molecule has 13 heavy (non-hydrogen) atoms. The van der Waals surface area contributed by atoms with Gasteiger partial charge in [-0.2, -0.15) is 0 Å². The number of hydrogen-bond acceptors (Lipinski definition) is 2. The molecular weight excluding hydrogens is 162 g/mol. The average Bonchev–Trinajstić information content (AvgIpc) is 2.30. The van der Waals surface area contributed by atoms with Gasteiger partial charge in [0.05, 0.1) is 5.60 Å². The van der Waals surface area contributed by atoms with E-state index < -0.39 is 5.60 Å². The minimum absolute atomic E-state index is 0.425. The first-order valence-electron chi connectivity index (χ1n) is 5.48. The van der Waals surface area contributed by atoms with Crippen molar-refractivity contribution < 1.29 is 5.11 Å². The van der Waals surface area contributed by atoms with E-state index in [1.165, 1.54) is 12.8 Å². The summed E-state index contributed by atoms with van der Waals surface area (Å²) in [5.74, 6) is 0.777. The maximum absolute atomic E-state index is 9.77. The number of rotatable bonds is 4. The fraction of sp³-hybridized carbons (Fsp3) is 1.00. The molecule has 0 amide bonds. The van der Waals surface area contributed by atoms with Gasteiger partial charge in [0, 0.05) is 19.6 Å². The summed E-state index contributed by atoms with van der Waals surface area (Å²) in [5.41, 5.74) is -0.425. The van der Waals surface area contributed by atoms with Gasteiger partial charge >= 0.3 is 0 Å². The van der Waals surface area contributed by atoms with Crippen LogP contribution in [-0.4, -0.2) is 35.2 Å². The minimum atomic E-state index is -0.425. The zero-order valence-electron chi connectivity index (χ0n) is 9.21. The lowest BCUT2D eigenvalue weighted by Crippen LogP contribution is -2.32. The third kappa shape index (κ3) is 3.65. The maximum Gasteiger partial charge on any atom is 0.0758 e. The maximum atomic E-state index is 9.77. The van der Waals surface area contributed by atoms with Crippen LogP contribution in [0.1, 0.15) is 40.0 Å². The normalized spacial score (nSPS) is 32.3. The molecule has 1 rings (SSSR count). The van der Waals surface area contributed by atoms with Crippen LogP contribution in [0.4, 0.5) is 0 Å². The van der Waals surface area contributed by atoms with Gasteiger partial charge in [-0.15, -0.1) is 0 Å². The van der Waals surface area contributed by atoms with E-state index in [1.807, 2.05) is 6.92 Å². The summed E-state index contributed by atoms with van der Waals surface area (Å²) >= 11 is 0. The van der Waals surface area contributed by atoms with Gasteiger partial charge in [-0.1, -0.05) is 20.3 Å². The van der Waals surface area contributed by atoms with E-state index in [0.717, 1.165) is 32.0 Å². The number of nitrogens with zero attached hydrogens (tertiary/aromatic N) is 1. The Bertz CT molecular complexity index is 156. The summed E-state index contributed by atoms with van der Waals surface area (Å²) in [7, 11) is 0. The highest BCUT2D eigenvalue weighted by atomic mass is 16.3. The minimum Gasteiger partial charge on any atom is -0.389 e. The predicted molar refractivity (Wildman–Crippen MR) is 55.8 cm³/mol. The average molecular weight is 185 g/mol. The highest BCUT2D eigenvalue weighted by molar-refractivity contribution is 4.86. The molecule has 2 atom stereocenters. The molecule has 2 heteroatoms.